The molecule has 1 amide bonds. The first kappa shape index (κ1) is 19.2. The normalized spacial score (nSPS) is 16.1. The number of piperidine rings is 1. The fourth-order valence-corrected chi connectivity index (χ4v) is 3.93. The minimum absolute atomic E-state index is 0.118. The van der Waals surface area contributed by atoms with Gasteiger partial charge in [-0.3, -0.25) is 4.79 Å². The highest BCUT2D eigenvalue weighted by Gasteiger charge is 2.25. The minimum atomic E-state index is -3.51. The molecule has 1 aliphatic heterocycles. The zero-order valence-corrected chi connectivity index (χ0v) is 15.6. The molecule has 1 aliphatic rings. The fourth-order valence-electron chi connectivity index (χ4n) is 3.01. The van der Waals surface area contributed by atoms with Gasteiger partial charge in [0.25, 0.3) is 5.91 Å². The number of nitrogens with zero attached hydrogens (tertiary/aromatic N) is 3. The van der Waals surface area contributed by atoms with E-state index in [1.165, 1.54) is 6.07 Å². The molecule has 0 saturated carbocycles. The number of aliphatic imine (C=N–C) groups is 1. The standard InChI is InChI=1S/C16H25N5O3S/c1-20(2)12-6-8-21(9-7-12)13-5-4-11(15(22)19-16(17)18)10-14(13)25(3,23)24/h4-5,10,12H,6-9H2,1-3H3,(H4,17,18,19,22). The maximum Gasteiger partial charge on any atom is 0.280 e. The SMILES string of the molecule is CN(C)C1CCN(c2ccc(C(=O)N=C(N)N)cc2S(C)(=O)=O)CC1. The Bertz CT molecular complexity index is 777. The number of benzene rings is 1. The third-order valence-electron chi connectivity index (χ3n) is 4.37. The van der Waals surface area contributed by atoms with E-state index in [1.807, 2.05) is 19.0 Å². The number of hydrogen-bond donors (Lipinski definition) is 2. The van der Waals surface area contributed by atoms with Crippen molar-refractivity contribution in [2.45, 2.75) is 23.8 Å². The zero-order valence-electron chi connectivity index (χ0n) is 14.8. The molecule has 0 aromatic heterocycles. The maximum atomic E-state index is 12.2. The molecule has 138 valence electrons. The van der Waals surface area contributed by atoms with Crippen LogP contribution >= 0.6 is 0 Å². The Morgan fingerprint density at radius 3 is 2.32 bits per heavy atom. The molecule has 1 fully saturated rings. The van der Waals surface area contributed by atoms with Gasteiger partial charge in [0, 0.05) is 31.0 Å². The Morgan fingerprint density at radius 1 is 1.24 bits per heavy atom. The molecular formula is C16H25N5O3S. The summed E-state index contributed by atoms with van der Waals surface area (Å²) in [5.41, 5.74) is 11.2. The number of guanidine groups is 1. The molecule has 2 rings (SSSR count). The number of amides is 1. The zero-order chi connectivity index (χ0) is 18.8. The first-order chi connectivity index (χ1) is 11.6. The Kier molecular flexibility index (Phi) is 5.69. The molecule has 9 heteroatoms. The van der Waals surface area contributed by atoms with Crippen LogP contribution in [0, 0.1) is 0 Å². The molecule has 8 nitrogen and oxygen atoms in total. The predicted molar refractivity (Wildman–Crippen MR) is 98.6 cm³/mol. The fraction of sp³-hybridized carbons (Fsp3) is 0.500. The van der Waals surface area contributed by atoms with Crippen molar-refractivity contribution in [1.29, 1.82) is 0 Å². The van der Waals surface area contributed by atoms with Crippen LogP contribution in [-0.4, -0.2) is 64.7 Å². The van der Waals surface area contributed by atoms with E-state index in [4.69, 9.17) is 11.5 Å². The summed E-state index contributed by atoms with van der Waals surface area (Å²) in [6.45, 7) is 1.51. The van der Waals surface area contributed by atoms with Crippen molar-refractivity contribution >= 4 is 27.4 Å². The molecule has 0 aliphatic carbocycles. The van der Waals surface area contributed by atoms with E-state index in [2.05, 4.69) is 9.89 Å². The molecule has 1 saturated heterocycles. The predicted octanol–water partition coefficient (Wildman–Crippen LogP) is 0.0341. The van der Waals surface area contributed by atoms with E-state index in [0.29, 0.717) is 11.7 Å². The van der Waals surface area contributed by atoms with Gasteiger partial charge in [-0.1, -0.05) is 0 Å². The molecule has 1 aromatic carbocycles. The van der Waals surface area contributed by atoms with Crippen LogP contribution in [0.3, 0.4) is 0 Å². The maximum absolute atomic E-state index is 12.2. The van der Waals surface area contributed by atoms with Gasteiger partial charge in [0.15, 0.2) is 15.8 Å². The van der Waals surface area contributed by atoms with Gasteiger partial charge in [0.05, 0.1) is 10.6 Å². The third kappa shape index (κ3) is 4.70. The van der Waals surface area contributed by atoms with E-state index in [9.17, 15) is 13.2 Å². The van der Waals surface area contributed by atoms with Gasteiger partial charge in [-0.15, -0.1) is 0 Å². The second kappa shape index (κ2) is 7.40. The lowest BCUT2D eigenvalue weighted by Crippen LogP contribution is -2.42. The van der Waals surface area contributed by atoms with Crippen LogP contribution in [0.5, 0.6) is 0 Å². The summed E-state index contributed by atoms with van der Waals surface area (Å²) in [5, 5.41) is 0. The van der Waals surface area contributed by atoms with Crippen LogP contribution in [0.15, 0.2) is 28.1 Å². The lowest BCUT2D eigenvalue weighted by atomic mass is 10.0. The lowest BCUT2D eigenvalue weighted by molar-refractivity contribution is 0.100. The van der Waals surface area contributed by atoms with E-state index in [-0.39, 0.29) is 16.4 Å². The molecule has 0 atom stereocenters. The molecule has 1 heterocycles. The van der Waals surface area contributed by atoms with Crippen LogP contribution < -0.4 is 16.4 Å². The number of carbonyl (C=O) groups is 1. The summed E-state index contributed by atoms with van der Waals surface area (Å²) in [6, 6.07) is 5.04. The molecule has 0 radical (unpaired) electrons. The number of rotatable bonds is 4. The molecule has 4 N–H and O–H groups in total. The van der Waals surface area contributed by atoms with Gasteiger partial charge in [0.1, 0.15) is 0 Å². The molecular weight excluding hydrogens is 342 g/mol. The first-order valence-corrected chi connectivity index (χ1v) is 9.88. The summed E-state index contributed by atoms with van der Waals surface area (Å²) in [4.78, 5) is 19.8. The highest BCUT2D eigenvalue weighted by Crippen LogP contribution is 2.30. The Morgan fingerprint density at radius 2 is 1.84 bits per heavy atom. The largest absolute Gasteiger partial charge is 0.370 e. The van der Waals surface area contributed by atoms with Crippen molar-refractivity contribution in [2.75, 3.05) is 38.3 Å². The minimum Gasteiger partial charge on any atom is -0.370 e. The number of anilines is 1. The molecule has 25 heavy (non-hydrogen) atoms. The van der Waals surface area contributed by atoms with Crippen molar-refractivity contribution in [1.82, 2.24) is 4.90 Å². The number of carbonyl (C=O) groups excluding carboxylic acids is 1. The van der Waals surface area contributed by atoms with Crippen molar-refractivity contribution in [3.8, 4) is 0 Å². The van der Waals surface area contributed by atoms with E-state index in [1.54, 1.807) is 12.1 Å². The van der Waals surface area contributed by atoms with E-state index < -0.39 is 15.7 Å². The topological polar surface area (TPSA) is 122 Å². The van der Waals surface area contributed by atoms with Gasteiger partial charge in [0.2, 0.25) is 0 Å². The number of hydrogen-bond acceptors (Lipinski definition) is 5. The van der Waals surface area contributed by atoms with Crippen molar-refractivity contribution < 1.29 is 13.2 Å². The molecule has 1 aromatic rings. The monoisotopic (exact) mass is 367 g/mol. The van der Waals surface area contributed by atoms with Crippen molar-refractivity contribution in [3.05, 3.63) is 23.8 Å². The number of nitrogens with two attached hydrogens (primary N) is 2. The summed E-state index contributed by atoms with van der Waals surface area (Å²) in [6.07, 6.45) is 3.03. The van der Waals surface area contributed by atoms with Gasteiger partial charge in [-0.2, -0.15) is 4.99 Å². The molecule has 0 spiro atoms. The van der Waals surface area contributed by atoms with Gasteiger partial charge in [-0.05, 0) is 45.1 Å². The van der Waals surface area contributed by atoms with Gasteiger partial charge in [-0.25, -0.2) is 8.42 Å². The molecule has 0 unspecified atom stereocenters. The van der Waals surface area contributed by atoms with Crippen LogP contribution in [0.1, 0.15) is 23.2 Å². The third-order valence-corrected chi connectivity index (χ3v) is 5.50. The Balaban J connectivity index is 2.36. The van der Waals surface area contributed by atoms with Crippen LogP contribution in [-0.2, 0) is 9.84 Å². The highest BCUT2D eigenvalue weighted by atomic mass is 32.2. The summed E-state index contributed by atoms with van der Waals surface area (Å²) < 4.78 is 24.5. The van der Waals surface area contributed by atoms with Crippen molar-refractivity contribution in [3.63, 3.8) is 0 Å². The lowest BCUT2D eigenvalue weighted by Gasteiger charge is -2.37. The van der Waals surface area contributed by atoms with Crippen molar-refractivity contribution in [2.24, 2.45) is 16.5 Å². The van der Waals surface area contributed by atoms with Crippen LogP contribution in [0.2, 0.25) is 0 Å². The summed E-state index contributed by atoms with van der Waals surface area (Å²) >= 11 is 0. The van der Waals surface area contributed by atoms with Gasteiger partial charge < -0.3 is 21.3 Å². The highest BCUT2D eigenvalue weighted by molar-refractivity contribution is 7.90. The Hall–Kier alpha value is -2.13. The Labute approximate surface area is 148 Å². The summed E-state index contributed by atoms with van der Waals surface area (Å²) in [5.74, 6) is -1.02. The van der Waals surface area contributed by atoms with Gasteiger partial charge >= 0.3 is 0 Å². The second-order valence-electron chi connectivity index (χ2n) is 6.48. The molecule has 0 bridgehead atoms. The summed E-state index contributed by atoms with van der Waals surface area (Å²) in [7, 11) is 0.583. The average molecular weight is 367 g/mol. The second-order valence-corrected chi connectivity index (χ2v) is 8.46. The quantitative estimate of drug-likeness (QED) is 0.569. The van der Waals surface area contributed by atoms with E-state index in [0.717, 1.165) is 32.2 Å². The number of sulfone groups is 1. The first-order valence-electron chi connectivity index (χ1n) is 7.99. The van der Waals surface area contributed by atoms with Crippen LogP contribution in [0.4, 0.5) is 5.69 Å². The smallest absolute Gasteiger partial charge is 0.280 e. The van der Waals surface area contributed by atoms with E-state index >= 15 is 0 Å². The average Bonchev–Trinajstić information content (AvgIpc) is 2.53. The van der Waals surface area contributed by atoms with Crippen LogP contribution in [0.25, 0.3) is 0 Å².